The van der Waals surface area contributed by atoms with Gasteiger partial charge in [0.25, 0.3) is 0 Å². The molecule has 5 N–H and O–H groups in total. The van der Waals surface area contributed by atoms with E-state index >= 15 is 0 Å². The number of nitrogens with one attached hydrogen (secondary N) is 1. The highest BCUT2D eigenvalue weighted by Gasteiger charge is 2.19. The van der Waals surface area contributed by atoms with Gasteiger partial charge in [-0.15, -0.1) is 4.91 Å². The minimum absolute atomic E-state index is 0.0574. The fourth-order valence-electron chi connectivity index (χ4n) is 1.11. The average Bonchev–Trinajstić information content (AvgIpc) is 2.31. The van der Waals surface area contributed by atoms with Gasteiger partial charge in [0.15, 0.2) is 12.1 Å². The Morgan fingerprint density at radius 2 is 2.12 bits per heavy atom. The first-order valence-electron chi connectivity index (χ1n) is 5.13. The van der Waals surface area contributed by atoms with Crippen LogP contribution in [0.25, 0.3) is 0 Å². The third-order valence-electron chi connectivity index (χ3n) is 2.12. The Bertz CT molecular complexity index is 370. The van der Waals surface area contributed by atoms with Crippen molar-refractivity contribution in [1.29, 1.82) is 0 Å². The summed E-state index contributed by atoms with van der Waals surface area (Å²) >= 11 is 0. The number of para-hydroxylation sites is 2. The van der Waals surface area contributed by atoms with Crippen LogP contribution in [-0.4, -0.2) is 12.6 Å². The molecule has 0 saturated carbocycles. The predicted molar refractivity (Wildman–Crippen MR) is 63.8 cm³/mol. The molecular formula is C10H16N4O3. The topological polar surface area (TPSA) is 112 Å². The molecule has 0 saturated heterocycles. The zero-order valence-corrected chi connectivity index (χ0v) is 9.55. The van der Waals surface area contributed by atoms with Gasteiger partial charge in [0.05, 0.1) is 5.69 Å². The van der Waals surface area contributed by atoms with Gasteiger partial charge in [-0.3, -0.25) is 11.5 Å². The highest BCUT2D eigenvalue weighted by atomic mass is 16.7. The van der Waals surface area contributed by atoms with Gasteiger partial charge in [-0.05, 0) is 12.1 Å². The number of anilines is 1. The van der Waals surface area contributed by atoms with E-state index in [4.69, 9.17) is 16.2 Å². The van der Waals surface area contributed by atoms with Crippen LogP contribution in [-0.2, 0) is 4.84 Å². The summed E-state index contributed by atoms with van der Waals surface area (Å²) in [4.78, 5) is 14.1. The Morgan fingerprint density at radius 3 is 2.76 bits per heavy atom. The lowest BCUT2D eigenvalue weighted by Crippen LogP contribution is -2.54. The molecule has 0 radical (unpaired) electrons. The summed E-state index contributed by atoms with van der Waals surface area (Å²) in [6.45, 7) is 1.76. The van der Waals surface area contributed by atoms with Crippen LogP contribution in [0.15, 0.2) is 29.6 Å². The number of nitrogens with two attached hydrogens (primary N) is 2. The summed E-state index contributed by atoms with van der Waals surface area (Å²) in [6.07, 6.45) is 0.452. The molecule has 0 amide bonds. The molecule has 94 valence electrons. The fraction of sp³-hybridized carbons (Fsp3) is 0.400. The van der Waals surface area contributed by atoms with E-state index in [1.807, 2.05) is 6.92 Å². The molecule has 0 heterocycles. The predicted octanol–water partition coefficient (Wildman–Crippen LogP) is 1.11. The SMILES string of the molecule is CCC(N)(N)Oc1ccccc1NCON=O. The highest BCUT2D eigenvalue weighted by molar-refractivity contribution is 5.56. The van der Waals surface area contributed by atoms with Crippen LogP contribution >= 0.6 is 0 Å². The van der Waals surface area contributed by atoms with Crippen LogP contribution in [0, 0.1) is 4.91 Å². The van der Waals surface area contributed by atoms with Gasteiger partial charge in [0, 0.05) is 6.42 Å². The lowest BCUT2D eigenvalue weighted by atomic mass is 10.2. The standard InChI is InChI=1S/C10H16N4O3/c1-2-10(11,12)17-9-6-4-3-5-8(9)13-7-16-14-15/h3-6,13H,2,7,11-12H2,1H3. The lowest BCUT2D eigenvalue weighted by Gasteiger charge is -2.25. The third-order valence-corrected chi connectivity index (χ3v) is 2.12. The summed E-state index contributed by atoms with van der Waals surface area (Å²) < 4.78 is 5.44. The first kappa shape index (κ1) is 13.2. The number of hydrogen-bond acceptors (Lipinski definition) is 7. The molecule has 0 aromatic heterocycles. The molecule has 0 unspecified atom stereocenters. The number of benzene rings is 1. The van der Waals surface area contributed by atoms with Crippen molar-refractivity contribution >= 4 is 5.69 Å². The largest absolute Gasteiger partial charge is 0.458 e. The quantitative estimate of drug-likeness (QED) is 0.285. The second-order valence-electron chi connectivity index (χ2n) is 3.43. The van der Waals surface area contributed by atoms with E-state index in [1.165, 1.54) is 0 Å². The minimum Gasteiger partial charge on any atom is -0.458 e. The second-order valence-corrected chi connectivity index (χ2v) is 3.43. The summed E-state index contributed by atoms with van der Waals surface area (Å²) in [5, 5.41) is 5.08. The van der Waals surface area contributed by atoms with Crippen LogP contribution in [0.2, 0.25) is 0 Å². The average molecular weight is 240 g/mol. The molecule has 17 heavy (non-hydrogen) atoms. The van der Waals surface area contributed by atoms with Gasteiger partial charge in [-0.25, -0.2) is 0 Å². The van der Waals surface area contributed by atoms with Gasteiger partial charge in [0.2, 0.25) is 5.85 Å². The maximum absolute atomic E-state index is 9.77. The Morgan fingerprint density at radius 1 is 1.41 bits per heavy atom. The molecule has 7 nitrogen and oxygen atoms in total. The molecule has 0 aliphatic rings. The van der Waals surface area contributed by atoms with Crippen molar-refractivity contribution in [2.24, 2.45) is 16.8 Å². The van der Waals surface area contributed by atoms with Crippen LogP contribution in [0.3, 0.4) is 0 Å². The van der Waals surface area contributed by atoms with Crippen LogP contribution in [0.4, 0.5) is 5.69 Å². The Kier molecular flexibility index (Phi) is 4.68. The third kappa shape index (κ3) is 4.25. The van der Waals surface area contributed by atoms with E-state index < -0.39 is 5.85 Å². The number of ether oxygens (including phenoxy) is 1. The van der Waals surface area contributed by atoms with Crippen molar-refractivity contribution in [2.45, 2.75) is 19.2 Å². The summed E-state index contributed by atoms with van der Waals surface area (Å²) in [6, 6.07) is 7.03. The van der Waals surface area contributed by atoms with Gasteiger partial charge in [0.1, 0.15) is 5.75 Å². The summed E-state index contributed by atoms with van der Waals surface area (Å²) in [5.74, 6) is -0.754. The Balaban J connectivity index is 2.73. The Labute approximate surface area is 99.0 Å². The summed E-state index contributed by atoms with van der Waals surface area (Å²) in [7, 11) is 0. The zero-order valence-electron chi connectivity index (χ0n) is 9.55. The number of rotatable bonds is 7. The van der Waals surface area contributed by atoms with E-state index in [9.17, 15) is 4.91 Å². The first-order valence-corrected chi connectivity index (χ1v) is 5.13. The molecule has 0 atom stereocenters. The maximum Gasteiger partial charge on any atom is 0.212 e. The monoisotopic (exact) mass is 240 g/mol. The van der Waals surface area contributed by atoms with Gasteiger partial charge in [-0.2, -0.15) is 0 Å². The maximum atomic E-state index is 9.77. The molecule has 0 aliphatic carbocycles. The summed E-state index contributed by atoms with van der Waals surface area (Å²) in [5.41, 5.74) is 12.0. The smallest absolute Gasteiger partial charge is 0.212 e. The molecule has 1 aromatic rings. The van der Waals surface area contributed by atoms with Crippen molar-refractivity contribution in [3.63, 3.8) is 0 Å². The van der Waals surface area contributed by atoms with Gasteiger partial charge >= 0.3 is 0 Å². The molecule has 1 rings (SSSR count). The van der Waals surface area contributed by atoms with Crippen LogP contribution in [0.1, 0.15) is 13.3 Å². The lowest BCUT2D eigenvalue weighted by molar-refractivity contribution is 0.0789. The fourth-order valence-corrected chi connectivity index (χ4v) is 1.11. The van der Waals surface area contributed by atoms with Crippen LogP contribution in [0.5, 0.6) is 5.75 Å². The van der Waals surface area contributed by atoms with Gasteiger partial charge in [-0.1, -0.05) is 19.1 Å². The zero-order chi connectivity index (χ0) is 12.7. The van der Waals surface area contributed by atoms with E-state index in [1.54, 1.807) is 24.3 Å². The molecule has 7 heteroatoms. The minimum atomic E-state index is -1.23. The molecule has 0 spiro atoms. The van der Waals surface area contributed by atoms with Crippen molar-refractivity contribution in [2.75, 3.05) is 12.0 Å². The van der Waals surface area contributed by atoms with Crippen molar-refractivity contribution < 1.29 is 9.57 Å². The normalized spacial score (nSPS) is 10.8. The second kappa shape index (κ2) is 6.02. The molecule has 0 aliphatic heterocycles. The Hall–Kier alpha value is -1.86. The molecule has 0 fully saturated rings. The first-order chi connectivity index (χ1) is 8.09. The van der Waals surface area contributed by atoms with Gasteiger partial charge < -0.3 is 14.9 Å². The number of nitrogens with zero attached hydrogens (tertiary/aromatic N) is 1. The number of hydrogen-bond donors (Lipinski definition) is 3. The van der Waals surface area contributed by atoms with E-state index in [0.717, 1.165) is 0 Å². The van der Waals surface area contributed by atoms with Crippen molar-refractivity contribution in [3.8, 4) is 5.75 Å². The molecule has 0 bridgehead atoms. The van der Waals surface area contributed by atoms with Crippen LogP contribution < -0.4 is 21.5 Å². The highest BCUT2D eigenvalue weighted by Crippen LogP contribution is 2.25. The molecule has 1 aromatic carbocycles. The van der Waals surface area contributed by atoms with E-state index in [2.05, 4.69) is 15.5 Å². The van der Waals surface area contributed by atoms with Crippen molar-refractivity contribution in [3.05, 3.63) is 29.2 Å². The van der Waals surface area contributed by atoms with E-state index in [-0.39, 0.29) is 6.73 Å². The molecular weight excluding hydrogens is 224 g/mol. The van der Waals surface area contributed by atoms with Crippen molar-refractivity contribution in [1.82, 2.24) is 0 Å². The van der Waals surface area contributed by atoms with E-state index in [0.29, 0.717) is 17.9 Å².